The maximum atomic E-state index is 13.9. The summed E-state index contributed by atoms with van der Waals surface area (Å²) in [6.07, 6.45) is 1.51. The molecular weight excluding hydrogens is 477 g/mol. The number of carbonyl (C=O) groups is 3. The summed E-state index contributed by atoms with van der Waals surface area (Å²) in [6, 6.07) is 11.4. The van der Waals surface area contributed by atoms with Gasteiger partial charge in [0.25, 0.3) is 11.1 Å². The number of benzene rings is 2. The van der Waals surface area contributed by atoms with Crippen LogP contribution in [0, 0.1) is 5.82 Å². The minimum atomic E-state index is -0.655. The Morgan fingerprint density at radius 3 is 2.73 bits per heavy atom. The first-order chi connectivity index (χ1) is 14.4. The number of imide groups is 1. The normalized spacial score (nSPS) is 15.0. The molecule has 0 aromatic heterocycles. The van der Waals surface area contributed by atoms with E-state index in [1.165, 1.54) is 12.1 Å². The summed E-state index contributed by atoms with van der Waals surface area (Å²) in [5.74, 6) is -1.20. The van der Waals surface area contributed by atoms with Gasteiger partial charge in [-0.15, -0.1) is 0 Å². The Morgan fingerprint density at radius 2 is 2.00 bits per heavy atom. The summed E-state index contributed by atoms with van der Waals surface area (Å²) in [4.78, 5) is 37.4. The molecular formula is C21H17BrFNO5S. The van der Waals surface area contributed by atoms with Crippen LogP contribution in [0.5, 0.6) is 5.75 Å². The molecule has 2 amide bonds. The maximum Gasteiger partial charge on any atom is 0.326 e. The summed E-state index contributed by atoms with van der Waals surface area (Å²) < 4.78 is 25.1. The van der Waals surface area contributed by atoms with Crippen LogP contribution in [-0.2, 0) is 20.9 Å². The van der Waals surface area contributed by atoms with E-state index in [9.17, 15) is 18.8 Å². The van der Waals surface area contributed by atoms with Gasteiger partial charge in [-0.25, -0.2) is 4.39 Å². The Labute approximate surface area is 185 Å². The van der Waals surface area contributed by atoms with E-state index >= 15 is 0 Å². The van der Waals surface area contributed by atoms with Gasteiger partial charge in [-0.2, -0.15) is 0 Å². The number of thioether (sulfide) groups is 1. The Bertz CT molecular complexity index is 1030. The second-order valence-electron chi connectivity index (χ2n) is 6.14. The van der Waals surface area contributed by atoms with Gasteiger partial charge in [-0.05, 0) is 49.0 Å². The molecule has 0 N–H and O–H groups in total. The van der Waals surface area contributed by atoms with Crippen LogP contribution in [0.1, 0.15) is 18.1 Å². The fourth-order valence-corrected chi connectivity index (χ4v) is 3.86. The topological polar surface area (TPSA) is 72.9 Å². The first-order valence-electron chi connectivity index (χ1n) is 8.95. The summed E-state index contributed by atoms with van der Waals surface area (Å²) in [7, 11) is 0. The summed E-state index contributed by atoms with van der Waals surface area (Å²) >= 11 is 4.10. The van der Waals surface area contributed by atoms with Crippen molar-refractivity contribution in [3.8, 4) is 5.75 Å². The number of hydrogen-bond donors (Lipinski definition) is 0. The van der Waals surface area contributed by atoms with Crippen molar-refractivity contribution in [1.82, 2.24) is 4.90 Å². The summed E-state index contributed by atoms with van der Waals surface area (Å²) in [5.41, 5.74) is 0.920. The van der Waals surface area contributed by atoms with Crippen LogP contribution < -0.4 is 4.74 Å². The van der Waals surface area contributed by atoms with Gasteiger partial charge < -0.3 is 9.47 Å². The highest BCUT2D eigenvalue weighted by atomic mass is 79.9. The van der Waals surface area contributed by atoms with Crippen LogP contribution in [0.15, 0.2) is 51.8 Å². The van der Waals surface area contributed by atoms with E-state index < -0.39 is 23.7 Å². The molecule has 0 unspecified atom stereocenters. The second kappa shape index (κ2) is 9.90. The number of ether oxygens (including phenoxy) is 2. The number of esters is 1. The third-order valence-corrected chi connectivity index (χ3v) is 5.47. The highest BCUT2D eigenvalue weighted by Gasteiger charge is 2.36. The Hall–Kier alpha value is -2.65. The van der Waals surface area contributed by atoms with Crippen LogP contribution in [0.4, 0.5) is 9.18 Å². The molecule has 0 aliphatic carbocycles. The smallest absolute Gasteiger partial charge is 0.326 e. The molecule has 1 heterocycles. The van der Waals surface area contributed by atoms with Crippen LogP contribution in [0.3, 0.4) is 0 Å². The number of amides is 2. The van der Waals surface area contributed by atoms with Crippen molar-refractivity contribution in [2.24, 2.45) is 0 Å². The van der Waals surface area contributed by atoms with Crippen molar-refractivity contribution in [1.29, 1.82) is 0 Å². The van der Waals surface area contributed by atoms with Gasteiger partial charge in [-0.3, -0.25) is 19.3 Å². The first-order valence-corrected chi connectivity index (χ1v) is 10.6. The van der Waals surface area contributed by atoms with Crippen LogP contribution in [0.2, 0.25) is 0 Å². The van der Waals surface area contributed by atoms with Crippen LogP contribution >= 0.6 is 27.7 Å². The molecule has 156 valence electrons. The minimum absolute atomic E-state index is 0.000514. The highest BCUT2D eigenvalue weighted by Crippen LogP contribution is 2.35. The summed E-state index contributed by atoms with van der Waals surface area (Å²) in [6.45, 7) is 1.36. The molecule has 2 aromatic rings. The Kier molecular flexibility index (Phi) is 7.28. The molecule has 3 rings (SSSR count). The van der Waals surface area contributed by atoms with Crippen LogP contribution in [-0.4, -0.2) is 35.2 Å². The Morgan fingerprint density at radius 1 is 1.23 bits per heavy atom. The number of rotatable bonds is 7. The minimum Gasteiger partial charge on any atom is -0.488 e. The van der Waals surface area contributed by atoms with Gasteiger partial charge in [0.1, 0.15) is 24.7 Å². The van der Waals surface area contributed by atoms with E-state index in [0.29, 0.717) is 16.9 Å². The molecule has 1 aliphatic rings. The second-order valence-corrected chi connectivity index (χ2v) is 8.04. The molecule has 2 aromatic carbocycles. The molecule has 0 radical (unpaired) electrons. The van der Waals surface area contributed by atoms with E-state index in [-0.39, 0.29) is 23.9 Å². The van der Waals surface area contributed by atoms with Crippen molar-refractivity contribution < 1.29 is 28.2 Å². The molecule has 0 spiro atoms. The third kappa shape index (κ3) is 5.28. The van der Waals surface area contributed by atoms with Gasteiger partial charge in [0.05, 0.1) is 11.5 Å². The van der Waals surface area contributed by atoms with E-state index in [1.54, 1.807) is 43.3 Å². The fourth-order valence-electron chi connectivity index (χ4n) is 2.65. The lowest BCUT2D eigenvalue weighted by atomic mass is 10.1. The first kappa shape index (κ1) is 22.0. The zero-order valence-electron chi connectivity index (χ0n) is 15.9. The van der Waals surface area contributed by atoms with Gasteiger partial charge in [0.2, 0.25) is 0 Å². The lowest BCUT2D eigenvalue weighted by Gasteiger charge is -2.12. The van der Waals surface area contributed by atoms with E-state index in [1.807, 2.05) is 0 Å². The zero-order chi connectivity index (χ0) is 21.7. The fraction of sp³-hybridized carbons (Fsp3) is 0.190. The van der Waals surface area contributed by atoms with E-state index in [0.717, 1.165) is 21.1 Å². The average Bonchev–Trinajstić information content (AvgIpc) is 2.96. The number of halogens is 2. The van der Waals surface area contributed by atoms with Crippen molar-refractivity contribution in [3.63, 3.8) is 0 Å². The monoisotopic (exact) mass is 493 g/mol. The maximum absolute atomic E-state index is 13.9. The van der Waals surface area contributed by atoms with Crippen molar-refractivity contribution in [3.05, 3.63) is 68.8 Å². The quantitative estimate of drug-likeness (QED) is 0.408. The predicted molar refractivity (Wildman–Crippen MR) is 114 cm³/mol. The molecule has 9 heteroatoms. The average molecular weight is 494 g/mol. The number of nitrogens with zero attached hydrogens (tertiary/aromatic N) is 1. The standard InChI is InChI=1S/C21H17BrFNO5S/c1-2-28-19(25)11-24-20(26)18(30-21(24)27)10-14-9-15(22)7-8-17(14)29-12-13-5-3-4-6-16(13)23/h3-10H,2,11-12H2,1H3/b18-10+. The third-order valence-electron chi connectivity index (χ3n) is 4.07. The molecule has 0 atom stereocenters. The summed E-state index contributed by atoms with van der Waals surface area (Å²) in [5, 5.41) is -0.553. The van der Waals surface area contributed by atoms with Crippen molar-refractivity contribution in [2.45, 2.75) is 13.5 Å². The molecule has 30 heavy (non-hydrogen) atoms. The van der Waals surface area contributed by atoms with Crippen molar-refractivity contribution >= 4 is 50.9 Å². The van der Waals surface area contributed by atoms with E-state index in [2.05, 4.69) is 15.9 Å². The molecule has 6 nitrogen and oxygen atoms in total. The molecule has 1 fully saturated rings. The van der Waals surface area contributed by atoms with Gasteiger partial charge in [0, 0.05) is 15.6 Å². The SMILES string of the molecule is CCOC(=O)CN1C(=O)S/C(=C/c2cc(Br)ccc2OCc2ccccc2F)C1=O. The number of carbonyl (C=O) groups excluding carboxylic acids is 3. The van der Waals surface area contributed by atoms with E-state index in [4.69, 9.17) is 9.47 Å². The largest absolute Gasteiger partial charge is 0.488 e. The van der Waals surface area contributed by atoms with Gasteiger partial charge >= 0.3 is 5.97 Å². The molecule has 1 aliphatic heterocycles. The lowest BCUT2D eigenvalue weighted by molar-refractivity contribution is -0.145. The van der Waals surface area contributed by atoms with Crippen molar-refractivity contribution in [2.75, 3.05) is 13.2 Å². The van der Waals surface area contributed by atoms with Gasteiger partial charge in [-0.1, -0.05) is 34.1 Å². The van der Waals surface area contributed by atoms with Gasteiger partial charge in [0.15, 0.2) is 0 Å². The Balaban J connectivity index is 1.81. The molecule has 1 saturated heterocycles. The van der Waals surface area contributed by atoms with Crippen LogP contribution in [0.25, 0.3) is 6.08 Å². The predicted octanol–water partition coefficient (Wildman–Crippen LogP) is 4.77. The lowest BCUT2D eigenvalue weighted by Crippen LogP contribution is -2.34. The zero-order valence-corrected chi connectivity index (χ0v) is 18.3. The highest BCUT2D eigenvalue weighted by molar-refractivity contribution is 9.10. The number of hydrogen-bond acceptors (Lipinski definition) is 6. The molecule has 0 bridgehead atoms. The molecule has 0 saturated carbocycles.